The van der Waals surface area contributed by atoms with E-state index in [9.17, 15) is 18.8 Å². The van der Waals surface area contributed by atoms with Crippen molar-refractivity contribution in [2.75, 3.05) is 11.9 Å². The van der Waals surface area contributed by atoms with Crippen LogP contribution in [0.3, 0.4) is 0 Å². The van der Waals surface area contributed by atoms with Gasteiger partial charge in [-0.05, 0) is 19.1 Å². The molecule has 1 aromatic carbocycles. The Hall–Kier alpha value is -3.40. The van der Waals surface area contributed by atoms with Gasteiger partial charge in [-0.25, -0.2) is 14.4 Å². The van der Waals surface area contributed by atoms with Crippen LogP contribution in [0.2, 0.25) is 0 Å². The normalized spacial score (nSPS) is 10.6. The van der Waals surface area contributed by atoms with Crippen molar-refractivity contribution in [1.29, 1.82) is 0 Å². The summed E-state index contributed by atoms with van der Waals surface area (Å²) in [6.07, 6.45) is 1.21. The Kier molecular flexibility index (Phi) is 6.45. The molecule has 29 heavy (non-hydrogen) atoms. The number of ether oxygens (including phenoxy) is 1. The van der Waals surface area contributed by atoms with Crippen LogP contribution in [-0.4, -0.2) is 33.0 Å². The van der Waals surface area contributed by atoms with Crippen LogP contribution < -0.4 is 10.9 Å². The zero-order chi connectivity index (χ0) is 20.8. The van der Waals surface area contributed by atoms with Gasteiger partial charge in [-0.15, -0.1) is 11.3 Å². The number of benzene rings is 1. The summed E-state index contributed by atoms with van der Waals surface area (Å²) in [6.45, 7) is 1.71. The lowest BCUT2D eigenvalue weighted by Gasteiger charge is -2.07. The number of nitrogens with one attached hydrogen (secondary N) is 1. The van der Waals surface area contributed by atoms with Gasteiger partial charge in [0.25, 0.3) is 5.56 Å². The van der Waals surface area contributed by atoms with E-state index in [4.69, 9.17) is 4.74 Å². The molecule has 0 radical (unpaired) electrons. The average molecular weight is 416 g/mol. The highest BCUT2D eigenvalue weighted by atomic mass is 32.1. The van der Waals surface area contributed by atoms with Crippen LogP contribution >= 0.6 is 11.3 Å². The first kappa shape index (κ1) is 20.3. The average Bonchev–Trinajstić information content (AvgIpc) is 3.10. The number of hydrogen-bond acceptors (Lipinski definition) is 7. The molecule has 0 saturated heterocycles. The van der Waals surface area contributed by atoms with Crippen LogP contribution in [0.5, 0.6) is 0 Å². The molecule has 150 valence electrons. The number of esters is 1. The predicted molar refractivity (Wildman–Crippen MR) is 105 cm³/mol. The molecule has 0 bridgehead atoms. The first-order valence-corrected chi connectivity index (χ1v) is 9.55. The number of amides is 1. The van der Waals surface area contributed by atoms with E-state index in [1.165, 1.54) is 24.5 Å². The smallest absolute Gasteiger partial charge is 0.311 e. The zero-order valence-electron chi connectivity index (χ0n) is 15.4. The van der Waals surface area contributed by atoms with E-state index in [1.807, 2.05) is 0 Å². The van der Waals surface area contributed by atoms with Gasteiger partial charge in [-0.3, -0.25) is 19.0 Å². The number of nitrogens with zero attached hydrogens (tertiary/aromatic N) is 3. The van der Waals surface area contributed by atoms with Gasteiger partial charge in [0, 0.05) is 17.0 Å². The first-order chi connectivity index (χ1) is 14.0. The molecule has 2 heterocycles. The van der Waals surface area contributed by atoms with Crippen molar-refractivity contribution in [2.24, 2.45) is 0 Å². The zero-order valence-corrected chi connectivity index (χ0v) is 16.2. The SMILES string of the molecule is CCOC(=O)Cc1csc(NC(=O)Cn2cnc(-c3ccccc3F)cc2=O)n1. The van der Waals surface area contributed by atoms with Crippen LogP contribution in [0, 0.1) is 5.82 Å². The largest absolute Gasteiger partial charge is 0.466 e. The minimum absolute atomic E-state index is 0.0150. The van der Waals surface area contributed by atoms with Gasteiger partial charge in [0.15, 0.2) is 5.13 Å². The van der Waals surface area contributed by atoms with Crippen LogP contribution in [0.1, 0.15) is 12.6 Å². The quantitative estimate of drug-likeness (QED) is 0.593. The number of rotatable bonds is 7. The fourth-order valence-electron chi connectivity index (χ4n) is 2.48. The van der Waals surface area contributed by atoms with Crippen molar-refractivity contribution >= 4 is 28.3 Å². The van der Waals surface area contributed by atoms with E-state index in [1.54, 1.807) is 24.4 Å². The third kappa shape index (κ3) is 5.32. The summed E-state index contributed by atoms with van der Waals surface area (Å²) in [7, 11) is 0. The Morgan fingerprint density at radius 1 is 1.31 bits per heavy atom. The molecule has 0 unspecified atom stereocenters. The molecule has 10 heteroatoms. The molecule has 0 spiro atoms. The molecule has 0 atom stereocenters. The fraction of sp³-hybridized carbons (Fsp3) is 0.211. The van der Waals surface area contributed by atoms with Gasteiger partial charge in [-0.1, -0.05) is 12.1 Å². The Morgan fingerprint density at radius 2 is 2.10 bits per heavy atom. The fourth-order valence-corrected chi connectivity index (χ4v) is 3.21. The van der Waals surface area contributed by atoms with E-state index >= 15 is 0 Å². The van der Waals surface area contributed by atoms with Crippen molar-refractivity contribution in [3.63, 3.8) is 0 Å². The van der Waals surface area contributed by atoms with Gasteiger partial charge in [0.2, 0.25) is 5.91 Å². The van der Waals surface area contributed by atoms with Crippen LogP contribution in [0.25, 0.3) is 11.3 Å². The van der Waals surface area contributed by atoms with Crippen LogP contribution in [0.4, 0.5) is 9.52 Å². The van der Waals surface area contributed by atoms with E-state index in [0.717, 1.165) is 15.9 Å². The molecule has 8 nitrogen and oxygen atoms in total. The van der Waals surface area contributed by atoms with Crippen molar-refractivity contribution in [3.8, 4) is 11.3 Å². The number of halogens is 1. The summed E-state index contributed by atoms with van der Waals surface area (Å²) in [4.78, 5) is 44.1. The maximum Gasteiger partial charge on any atom is 0.311 e. The summed E-state index contributed by atoms with van der Waals surface area (Å²) in [6, 6.07) is 7.15. The predicted octanol–water partition coefficient (Wildman–Crippen LogP) is 2.25. The van der Waals surface area contributed by atoms with E-state index < -0.39 is 23.3 Å². The first-order valence-electron chi connectivity index (χ1n) is 8.67. The lowest BCUT2D eigenvalue weighted by atomic mass is 10.1. The van der Waals surface area contributed by atoms with Gasteiger partial charge in [0.1, 0.15) is 12.4 Å². The highest BCUT2D eigenvalue weighted by Gasteiger charge is 2.12. The third-order valence-corrected chi connectivity index (χ3v) is 4.58. The Labute approximate surface area is 169 Å². The third-order valence-electron chi connectivity index (χ3n) is 3.77. The molecule has 3 rings (SSSR count). The van der Waals surface area contributed by atoms with Gasteiger partial charge in [-0.2, -0.15) is 0 Å². The van der Waals surface area contributed by atoms with Crippen molar-refractivity contribution in [3.05, 3.63) is 63.9 Å². The van der Waals surface area contributed by atoms with E-state index in [0.29, 0.717) is 10.8 Å². The van der Waals surface area contributed by atoms with E-state index in [-0.39, 0.29) is 30.8 Å². The minimum Gasteiger partial charge on any atom is -0.466 e. The molecular formula is C19H17FN4O4S. The van der Waals surface area contributed by atoms with Crippen molar-refractivity contribution < 1.29 is 18.7 Å². The lowest BCUT2D eigenvalue weighted by molar-refractivity contribution is -0.142. The second-order valence-corrected chi connectivity index (χ2v) is 6.75. The van der Waals surface area contributed by atoms with Crippen LogP contribution in [0.15, 0.2) is 46.8 Å². The molecule has 0 fully saturated rings. The second kappa shape index (κ2) is 9.20. The molecule has 0 aliphatic carbocycles. The van der Waals surface area contributed by atoms with Gasteiger partial charge < -0.3 is 10.1 Å². The van der Waals surface area contributed by atoms with Crippen molar-refractivity contribution in [1.82, 2.24) is 14.5 Å². The van der Waals surface area contributed by atoms with Gasteiger partial charge >= 0.3 is 5.97 Å². The highest BCUT2D eigenvalue weighted by Crippen LogP contribution is 2.19. The molecule has 1 amide bonds. The standard InChI is InChI=1S/C19H17FN4O4S/c1-2-28-18(27)7-12-10-29-19(22-12)23-16(25)9-24-11-21-15(8-17(24)26)13-5-3-4-6-14(13)20/h3-6,8,10-11H,2,7,9H2,1H3,(H,22,23,25). The molecule has 0 saturated carbocycles. The molecular weight excluding hydrogens is 399 g/mol. The number of thiazole rings is 1. The summed E-state index contributed by atoms with van der Waals surface area (Å²) >= 11 is 1.16. The minimum atomic E-state index is -0.490. The monoisotopic (exact) mass is 416 g/mol. The van der Waals surface area contributed by atoms with Gasteiger partial charge in [0.05, 0.1) is 30.7 Å². The second-order valence-electron chi connectivity index (χ2n) is 5.89. The Balaban J connectivity index is 1.64. The summed E-state index contributed by atoms with van der Waals surface area (Å²) in [5.74, 6) is -1.37. The molecule has 0 aliphatic rings. The number of aromatic nitrogens is 3. The van der Waals surface area contributed by atoms with Crippen LogP contribution in [-0.2, 0) is 27.3 Å². The maximum absolute atomic E-state index is 13.8. The molecule has 2 aromatic heterocycles. The summed E-state index contributed by atoms with van der Waals surface area (Å²) in [5.41, 5.74) is 0.388. The summed E-state index contributed by atoms with van der Waals surface area (Å²) in [5, 5.41) is 4.51. The molecule has 0 aliphatic heterocycles. The Bertz CT molecular complexity index is 1100. The summed E-state index contributed by atoms with van der Waals surface area (Å²) < 4.78 is 19.8. The number of anilines is 1. The lowest BCUT2D eigenvalue weighted by Crippen LogP contribution is -2.27. The molecule has 1 N–H and O–H groups in total. The Morgan fingerprint density at radius 3 is 2.83 bits per heavy atom. The number of carbonyl (C=O) groups is 2. The van der Waals surface area contributed by atoms with Crippen molar-refractivity contribution in [2.45, 2.75) is 19.9 Å². The maximum atomic E-state index is 13.8. The highest BCUT2D eigenvalue weighted by molar-refractivity contribution is 7.13. The van der Waals surface area contributed by atoms with E-state index in [2.05, 4.69) is 15.3 Å². The number of hydrogen-bond donors (Lipinski definition) is 1. The topological polar surface area (TPSA) is 103 Å². The number of carbonyl (C=O) groups excluding carboxylic acids is 2. The molecule has 3 aromatic rings.